The molecule has 102 valence electrons. The number of hydrogen-bond donors (Lipinski definition) is 1. The summed E-state index contributed by atoms with van der Waals surface area (Å²) in [6, 6.07) is 7.28. The van der Waals surface area contributed by atoms with Crippen LogP contribution in [0.15, 0.2) is 18.2 Å². The summed E-state index contributed by atoms with van der Waals surface area (Å²) < 4.78 is 13.4. The van der Waals surface area contributed by atoms with E-state index in [0.717, 1.165) is 31.2 Å². The van der Waals surface area contributed by atoms with Crippen molar-refractivity contribution in [2.24, 2.45) is 5.41 Å². The Balaban J connectivity index is 2.26. The second-order valence-electron chi connectivity index (χ2n) is 6.53. The first-order chi connectivity index (χ1) is 8.84. The Hall–Kier alpha value is -1.56. The average Bonchev–Trinajstić information content (AvgIpc) is 2.26. The Bertz CT molecular complexity index is 496. The molecule has 0 spiro atoms. The molecule has 0 saturated heterocycles. The highest BCUT2D eigenvalue weighted by Gasteiger charge is 2.40. The highest BCUT2D eigenvalue weighted by molar-refractivity contribution is 5.50. The minimum Gasteiger partial charge on any atom is -0.367 e. The molecular weight excluding hydrogens is 239 g/mol. The molecule has 1 unspecified atom stereocenters. The molecule has 0 aromatic heterocycles. The van der Waals surface area contributed by atoms with Crippen LogP contribution in [0.5, 0.6) is 0 Å². The lowest BCUT2D eigenvalue weighted by Gasteiger charge is -2.41. The molecular formula is C16H21FN2. The van der Waals surface area contributed by atoms with Crippen LogP contribution in [0.25, 0.3) is 0 Å². The number of anilines is 1. The van der Waals surface area contributed by atoms with Gasteiger partial charge in [0.25, 0.3) is 0 Å². The van der Waals surface area contributed by atoms with Crippen LogP contribution >= 0.6 is 0 Å². The van der Waals surface area contributed by atoms with Crippen LogP contribution in [0.4, 0.5) is 10.1 Å². The van der Waals surface area contributed by atoms with Crippen LogP contribution in [0, 0.1) is 29.5 Å². The molecule has 1 N–H and O–H groups in total. The fraction of sp³-hybridized carbons (Fsp3) is 0.562. The SMILES string of the molecule is Cc1cc(F)cc(NC2(C#N)CCCC(C)(C)C2)c1. The first kappa shape index (κ1) is 13.9. The minimum absolute atomic E-state index is 0.156. The smallest absolute Gasteiger partial charge is 0.125 e. The Morgan fingerprint density at radius 2 is 2.00 bits per heavy atom. The zero-order valence-electron chi connectivity index (χ0n) is 11.9. The first-order valence-corrected chi connectivity index (χ1v) is 6.81. The summed E-state index contributed by atoms with van der Waals surface area (Å²) in [5.74, 6) is -0.259. The Morgan fingerprint density at radius 3 is 2.58 bits per heavy atom. The van der Waals surface area contributed by atoms with Gasteiger partial charge in [0.1, 0.15) is 11.4 Å². The van der Waals surface area contributed by atoms with E-state index in [9.17, 15) is 9.65 Å². The summed E-state index contributed by atoms with van der Waals surface area (Å²) in [7, 11) is 0. The second-order valence-corrected chi connectivity index (χ2v) is 6.53. The van der Waals surface area contributed by atoms with Crippen molar-refractivity contribution in [3.8, 4) is 6.07 Å². The van der Waals surface area contributed by atoms with Gasteiger partial charge in [-0.15, -0.1) is 0 Å². The van der Waals surface area contributed by atoms with Gasteiger partial charge in [-0.05, 0) is 61.8 Å². The van der Waals surface area contributed by atoms with Crippen molar-refractivity contribution in [3.05, 3.63) is 29.6 Å². The van der Waals surface area contributed by atoms with Crippen molar-refractivity contribution >= 4 is 5.69 Å². The van der Waals surface area contributed by atoms with Gasteiger partial charge >= 0.3 is 0 Å². The summed E-state index contributed by atoms with van der Waals surface area (Å²) in [6.45, 7) is 6.24. The van der Waals surface area contributed by atoms with Gasteiger partial charge in [-0.1, -0.05) is 13.8 Å². The molecule has 1 atom stereocenters. The van der Waals surface area contributed by atoms with Crippen molar-refractivity contribution < 1.29 is 4.39 Å². The molecule has 1 aliphatic rings. The maximum absolute atomic E-state index is 13.4. The zero-order chi connectivity index (χ0) is 14.1. The fourth-order valence-electron chi connectivity index (χ4n) is 3.18. The van der Waals surface area contributed by atoms with Crippen LogP contribution in [-0.4, -0.2) is 5.54 Å². The monoisotopic (exact) mass is 260 g/mol. The quantitative estimate of drug-likeness (QED) is 0.855. The number of hydrogen-bond acceptors (Lipinski definition) is 2. The maximum atomic E-state index is 13.4. The molecule has 1 aromatic rings. The molecule has 0 radical (unpaired) electrons. The third-order valence-electron chi connectivity index (χ3n) is 3.88. The van der Waals surface area contributed by atoms with E-state index in [4.69, 9.17) is 0 Å². The number of aryl methyl sites for hydroxylation is 1. The van der Waals surface area contributed by atoms with Crippen LogP contribution in [0.2, 0.25) is 0 Å². The van der Waals surface area contributed by atoms with Crippen LogP contribution < -0.4 is 5.32 Å². The lowest BCUT2D eigenvalue weighted by Crippen LogP contribution is -2.44. The molecule has 0 bridgehead atoms. The van der Waals surface area contributed by atoms with Gasteiger partial charge in [-0.25, -0.2) is 4.39 Å². The van der Waals surface area contributed by atoms with Gasteiger partial charge in [0.05, 0.1) is 6.07 Å². The number of halogens is 1. The molecule has 1 aliphatic carbocycles. The Morgan fingerprint density at radius 1 is 1.26 bits per heavy atom. The summed E-state index contributed by atoms with van der Waals surface area (Å²) in [4.78, 5) is 0. The van der Waals surface area contributed by atoms with Crippen LogP contribution in [0.3, 0.4) is 0 Å². The first-order valence-electron chi connectivity index (χ1n) is 6.81. The Labute approximate surface area is 114 Å². The summed E-state index contributed by atoms with van der Waals surface area (Å²) in [6.07, 6.45) is 3.79. The molecule has 0 amide bonds. The molecule has 0 aliphatic heterocycles. The predicted molar refractivity (Wildman–Crippen MR) is 75.4 cm³/mol. The fourth-order valence-corrected chi connectivity index (χ4v) is 3.18. The van der Waals surface area contributed by atoms with E-state index in [-0.39, 0.29) is 11.2 Å². The van der Waals surface area contributed by atoms with Crippen molar-refractivity contribution in [1.82, 2.24) is 0 Å². The van der Waals surface area contributed by atoms with Gasteiger partial charge < -0.3 is 5.32 Å². The normalized spacial score (nSPS) is 25.6. The molecule has 1 aromatic carbocycles. The van der Waals surface area contributed by atoms with Gasteiger partial charge in [0, 0.05) is 5.69 Å². The topological polar surface area (TPSA) is 35.8 Å². The summed E-state index contributed by atoms with van der Waals surface area (Å²) in [5, 5.41) is 12.8. The third-order valence-corrected chi connectivity index (χ3v) is 3.88. The molecule has 3 heteroatoms. The third kappa shape index (κ3) is 3.26. The van der Waals surface area contributed by atoms with E-state index < -0.39 is 5.54 Å². The maximum Gasteiger partial charge on any atom is 0.125 e. The lowest BCUT2D eigenvalue weighted by atomic mass is 9.68. The van der Waals surface area contributed by atoms with Crippen LogP contribution in [-0.2, 0) is 0 Å². The Kier molecular flexibility index (Phi) is 3.54. The lowest BCUT2D eigenvalue weighted by molar-refractivity contribution is 0.197. The van der Waals surface area contributed by atoms with E-state index in [1.165, 1.54) is 12.1 Å². The predicted octanol–water partition coefficient (Wildman–Crippen LogP) is 4.41. The number of nitriles is 1. The van der Waals surface area contributed by atoms with Gasteiger partial charge in [-0.2, -0.15) is 5.26 Å². The minimum atomic E-state index is -0.567. The second kappa shape index (κ2) is 4.85. The van der Waals surface area contributed by atoms with Crippen LogP contribution in [0.1, 0.15) is 45.1 Å². The summed E-state index contributed by atoms with van der Waals surface area (Å²) >= 11 is 0. The molecule has 1 saturated carbocycles. The highest BCUT2D eigenvalue weighted by Crippen LogP contribution is 2.42. The van der Waals surface area contributed by atoms with E-state index in [0.29, 0.717) is 5.69 Å². The molecule has 1 fully saturated rings. The number of benzene rings is 1. The zero-order valence-corrected chi connectivity index (χ0v) is 11.9. The van der Waals surface area contributed by atoms with E-state index in [1.54, 1.807) is 0 Å². The van der Waals surface area contributed by atoms with E-state index in [1.807, 2.05) is 13.0 Å². The number of nitrogens with zero attached hydrogens (tertiary/aromatic N) is 1. The summed E-state index contributed by atoms with van der Waals surface area (Å²) in [5.41, 5.74) is 1.16. The molecule has 19 heavy (non-hydrogen) atoms. The number of nitrogens with one attached hydrogen (secondary N) is 1. The van der Waals surface area contributed by atoms with E-state index in [2.05, 4.69) is 25.2 Å². The van der Waals surface area contributed by atoms with Crippen molar-refractivity contribution in [2.75, 3.05) is 5.32 Å². The van der Waals surface area contributed by atoms with Gasteiger partial charge in [-0.3, -0.25) is 0 Å². The molecule has 2 nitrogen and oxygen atoms in total. The van der Waals surface area contributed by atoms with Crippen molar-refractivity contribution in [2.45, 2.75) is 52.0 Å². The highest BCUT2D eigenvalue weighted by atomic mass is 19.1. The number of rotatable bonds is 2. The van der Waals surface area contributed by atoms with E-state index >= 15 is 0 Å². The van der Waals surface area contributed by atoms with Gasteiger partial charge in [0.2, 0.25) is 0 Å². The van der Waals surface area contributed by atoms with Crippen molar-refractivity contribution in [1.29, 1.82) is 5.26 Å². The standard InChI is InChI=1S/C16H21FN2/c1-12-7-13(17)9-14(8-12)19-16(11-18)6-4-5-15(2,3)10-16/h7-9,19H,4-6,10H2,1-3H3. The molecule has 2 rings (SSSR count). The largest absolute Gasteiger partial charge is 0.367 e. The molecule has 0 heterocycles. The van der Waals surface area contributed by atoms with Crippen molar-refractivity contribution in [3.63, 3.8) is 0 Å². The average molecular weight is 260 g/mol. The van der Waals surface area contributed by atoms with Gasteiger partial charge in [0.15, 0.2) is 0 Å².